The second-order valence-electron chi connectivity index (χ2n) is 2.54. The van der Waals surface area contributed by atoms with E-state index in [9.17, 15) is 22.0 Å². The first-order valence-corrected chi connectivity index (χ1v) is 3.68. The van der Waals surface area contributed by atoms with Gasteiger partial charge in [0.25, 0.3) is 0 Å². The summed E-state index contributed by atoms with van der Waals surface area (Å²) in [4.78, 5) is 0. The highest BCUT2D eigenvalue weighted by Crippen LogP contribution is 2.29. The van der Waals surface area contributed by atoms with Crippen LogP contribution in [0.15, 0.2) is 12.1 Å². The Labute approximate surface area is 80.9 Å². The van der Waals surface area contributed by atoms with Crippen LogP contribution in [0.4, 0.5) is 22.0 Å². The SMILES string of the molecule is OCc1c(OC(F)(F)F)ccc(F)c1F. The molecule has 1 aromatic rings. The minimum absolute atomic E-state index is 0.482. The van der Waals surface area contributed by atoms with Crippen molar-refractivity contribution in [1.29, 1.82) is 0 Å². The second kappa shape index (κ2) is 4.01. The van der Waals surface area contributed by atoms with E-state index >= 15 is 0 Å². The Morgan fingerprint density at radius 2 is 1.80 bits per heavy atom. The number of ether oxygens (including phenoxy) is 1. The Bertz CT molecular complexity index is 361. The summed E-state index contributed by atoms with van der Waals surface area (Å²) in [5.41, 5.74) is -0.868. The predicted molar refractivity (Wildman–Crippen MR) is 39.0 cm³/mol. The number of hydrogen-bond donors (Lipinski definition) is 1. The lowest BCUT2D eigenvalue weighted by Crippen LogP contribution is -2.18. The molecule has 1 rings (SSSR count). The molecular formula is C8H5F5O2. The quantitative estimate of drug-likeness (QED) is 0.787. The van der Waals surface area contributed by atoms with Gasteiger partial charge in [0, 0.05) is 0 Å². The summed E-state index contributed by atoms with van der Waals surface area (Å²) < 4.78 is 64.1. The highest BCUT2D eigenvalue weighted by molar-refractivity contribution is 5.35. The highest BCUT2D eigenvalue weighted by Gasteiger charge is 2.32. The van der Waals surface area contributed by atoms with Crippen molar-refractivity contribution in [2.45, 2.75) is 13.0 Å². The molecule has 0 bridgehead atoms. The smallest absolute Gasteiger partial charge is 0.405 e. The van der Waals surface area contributed by atoms with E-state index in [1.165, 1.54) is 0 Å². The topological polar surface area (TPSA) is 29.5 Å². The summed E-state index contributed by atoms with van der Waals surface area (Å²) in [6, 6.07) is 1.08. The first kappa shape index (κ1) is 11.7. The van der Waals surface area contributed by atoms with E-state index < -0.39 is 35.9 Å². The first-order chi connectivity index (χ1) is 6.85. The molecule has 0 unspecified atom stereocenters. The molecule has 1 N–H and O–H groups in total. The average Bonchev–Trinajstić information content (AvgIpc) is 2.10. The van der Waals surface area contributed by atoms with Gasteiger partial charge in [-0.2, -0.15) is 0 Å². The Morgan fingerprint density at radius 3 is 2.27 bits per heavy atom. The van der Waals surface area contributed by atoms with E-state index in [-0.39, 0.29) is 0 Å². The summed E-state index contributed by atoms with van der Waals surface area (Å²) in [6.07, 6.45) is -5.02. The minimum atomic E-state index is -5.02. The Kier molecular flexibility index (Phi) is 3.13. The first-order valence-electron chi connectivity index (χ1n) is 3.68. The zero-order valence-electron chi connectivity index (χ0n) is 7.11. The average molecular weight is 228 g/mol. The van der Waals surface area contributed by atoms with Gasteiger partial charge in [0.2, 0.25) is 0 Å². The van der Waals surface area contributed by atoms with E-state index in [0.29, 0.717) is 12.1 Å². The number of alkyl halides is 3. The van der Waals surface area contributed by atoms with Crippen molar-refractivity contribution in [3.05, 3.63) is 29.3 Å². The van der Waals surface area contributed by atoms with Gasteiger partial charge in [-0.3, -0.25) is 0 Å². The summed E-state index contributed by atoms with van der Waals surface area (Å²) >= 11 is 0. The van der Waals surface area contributed by atoms with Crippen molar-refractivity contribution in [3.8, 4) is 5.75 Å². The molecule has 0 heterocycles. The molecule has 0 saturated heterocycles. The van der Waals surface area contributed by atoms with Crippen molar-refractivity contribution in [3.63, 3.8) is 0 Å². The van der Waals surface area contributed by atoms with Crippen LogP contribution >= 0.6 is 0 Å². The maximum Gasteiger partial charge on any atom is 0.573 e. The molecule has 0 aliphatic carbocycles. The molecule has 2 nitrogen and oxygen atoms in total. The second-order valence-corrected chi connectivity index (χ2v) is 2.54. The molecule has 7 heteroatoms. The number of rotatable bonds is 2. The normalized spacial score (nSPS) is 11.6. The van der Waals surface area contributed by atoms with Crippen molar-refractivity contribution in [1.82, 2.24) is 0 Å². The largest absolute Gasteiger partial charge is 0.573 e. The van der Waals surface area contributed by atoms with E-state index in [4.69, 9.17) is 5.11 Å². The molecule has 15 heavy (non-hydrogen) atoms. The summed E-state index contributed by atoms with van der Waals surface area (Å²) in [5, 5.41) is 8.57. The maximum atomic E-state index is 12.9. The van der Waals surface area contributed by atoms with E-state index in [1.54, 1.807) is 0 Å². The van der Waals surface area contributed by atoms with Crippen molar-refractivity contribution in [2.75, 3.05) is 0 Å². The van der Waals surface area contributed by atoms with Crippen LogP contribution in [0.25, 0.3) is 0 Å². The van der Waals surface area contributed by atoms with Crippen LogP contribution in [0.2, 0.25) is 0 Å². The molecule has 0 aliphatic rings. The Balaban J connectivity index is 3.14. The fourth-order valence-corrected chi connectivity index (χ4v) is 0.943. The van der Waals surface area contributed by atoms with Gasteiger partial charge in [-0.1, -0.05) is 0 Å². The standard InChI is InChI=1S/C8H5F5O2/c9-5-1-2-6(15-8(11,12)13)4(3-14)7(5)10/h1-2,14H,3H2. The number of aliphatic hydroxyl groups excluding tert-OH is 1. The number of benzene rings is 1. The molecule has 0 atom stereocenters. The number of hydrogen-bond acceptors (Lipinski definition) is 2. The Hall–Kier alpha value is -1.37. The van der Waals surface area contributed by atoms with Gasteiger partial charge in [0.15, 0.2) is 11.6 Å². The third kappa shape index (κ3) is 2.79. The van der Waals surface area contributed by atoms with Crippen LogP contribution in [0, 0.1) is 11.6 Å². The molecule has 0 radical (unpaired) electrons. The van der Waals surface area contributed by atoms with E-state index in [0.717, 1.165) is 0 Å². The lowest BCUT2D eigenvalue weighted by atomic mass is 10.2. The fourth-order valence-electron chi connectivity index (χ4n) is 0.943. The van der Waals surface area contributed by atoms with E-state index in [2.05, 4.69) is 4.74 Å². The van der Waals surface area contributed by atoms with Crippen LogP contribution in [-0.2, 0) is 6.61 Å². The molecule has 0 saturated carbocycles. The van der Waals surface area contributed by atoms with Gasteiger partial charge < -0.3 is 9.84 Å². The number of halogens is 5. The van der Waals surface area contributed by atoms with Gasteiger partial charge in [-0.25, -0.2) is 8.78 Å². The molecule has 1 aromatic carbocycles. The van der Waals surface area contributed by atoms with Gasteiger partial charge in [0.05, 0.1) is 12.2 Å². The highest BCUT2D eigenvalue weighted by atomic mass is 19.4. The van der Waals surface area contributed by atoms with Gasteiger partial charge in [-0.15, -0.1) is 13.2 Å². The minimum Gasteiger partial charge on any atom is -0.405 e. The van der Waals surface area contributed by atoms with Crippen molar-refractivity contribution < 1.29 is 31.8 Å². The van der Waals surface area contributed by atoms with Crippen LogP contribution in [0.5, 0.6) is 5.75 Å². The molecule has 0 aromatic heterocycles. The molecule has 0 aliphatic heterocycles. The lowest BCUT2D eigenvalue weighted by molar-refractivity contribution is -0.275. The monoisotopic (exact) mass is 228 g/mol. The van der Waals surface area contributed by atoms with Crippen LogP contribution in [-0.4, -0.2) is 11.5 Å². The van der Waals surface area contributed by atoms with Crippen molar-refractivity contribution in [2.24, 2.45) is 0 Å². The van der Waals surface area contributed by atoms with Crippen LogP contribution < -0.4 is 4.74 Å². The fraction of sp³-hybridized carbons (Fsp3) is 0.250. The summed E-state index contributed by atoms with van der Waals surface area (Å²) in [6.45, 7) is -1.09. The van der Waals surface area contributed by atoms with Gasteiger partial charge in [-0.05, 0) is 12.1 Å². The van der Waals surface area contributed by atoms with Crippen LogP contribution in [0.3, 0.4) is 0 Å². The Morgan fingerprint density at radius 1 is 1.20 bits per heavy atom. The van der Waals surface area contributed by atoms with E-state index in [1.807, 2.05) is 0 Å². The molecular weight excluding hydrogens is 223 g/mol. The number of aliphatic hydroxyl groups is 1. The van der Waals surface area contributed by atoms with Gasteiger partial charge >= 0.3 is 6.36 Å². The van der Waals surface area contributed by atoms with Crippen molar-refractivity contribution >= 4 is 0 Å². The zero-order valence-corrected chi connectivity index (χ0v) is 7.11. The van der Waals surface area contributed by atoms with Gasteiger partial charge in [0.1, 0.15) is 5.75 Å². The molecule has 0 spiro atoms. The third-order valence-corrected chi connectivity index (χ3v) is 1.54. The molecule has 84 valence electrons. The lowest BCUT2D eigenvalue weighted by Gasteiger charge is -2.12. The third-order valence-electron chi connectivity index (χ3n) is 1.54. The van der Waals surface area contributed by atoms with Crippen LogP contribution in [0.1, 0.15) is 5.56 Å². The maximum absolute atomic E-state index is 12.9. The molecule has 0 fully saturated rings. The molecule has 0 amide bonds. The predicted octanol–water partition coefficient (Wildman–Crippen LogP) is 2.36. The summed E-state index contributed by atoms with van der Waals surface area (Å²) in [7, 11) is 0. The zero-order chi connectivity index (χ0) is 11.6. The summed E-state index contributed by atoms with van der Waals surface area (Å²) in [5.74, 6) is -3.86.